The van der Waals surface area contributed by atoms with Gasteiger partial charge in [0, 0.05) is 11.8 Å². The van der Waals surface area contributed by atoms with Gasteiger partial charge in [0.2, 0.25) is 5.89 Å². The molecule has 4 nitrogen and oxygen atoms in total. The van der Waals surface area contributed by atoms with Crippen molar-refractivity contribution in [3.8, 4) is 0 Å². The Balaban J connectivity index is 2.47. The molecule has 0 aliphatic carbocycles. The molecule has 1 aromatic rings. The molecule has 2 N–H and O–H groups in total. The lowest BCUT2D eigenvalue weighted by molar-refractivity contribution is 0.351. The number of nitrogens with two attached hydrogens (primary N) is 1. The Morgan fingerprint density at radius 2 is 2.00 bits per heavy atom. The van der Waals surface area contributed by atoms with E-state index in [1.54, 1.807) is 0 Å². The minimum atomic E-state index is -0.0371. The van der Waals surface area contributed by atoms with Gasteiger partial charge in [-0.3, -0.25) is 0 Å². The first-order valence-electron chi connectivity index (χ1n) is 5.96. The Morgan fingerprint density at radius 1 is 1.31 bits per heavy atom. The maximum Gasteiger partial charge on any atom is 0.226 e. The molecule has 1 unspecified atom stereocenters. The summed E-state index contributed by atoms with van der Waals surface area (Å²) in [6.07, 6.45) is 2.97. The van der Waals surface area contributed by atoms with Crippen LogP contribution in [0.2, 0.25) is 0 Å². The van der Waals surface area contributed by atoms with Crippen LogP contribution in [0.15, 0.2) is 4.52 Å². The van der Waals surface area contributed by atoms with E-state index < -0.39 is 0 Å². The van der Waals surface area contributed by atoms with Crippen molar-refractivity contribution in [3.63, 3.8) is 0 Å². The monoisotopic (exact) mass is 225 g/mol. The average molecular weight is 225 g/mol. The number of nitrogens with zero attached hydrogens (tertiary/aromatic N) is 2. The molecule has 0 aliphatic rings. The summed E-state index contributed by atoms with van der Waals surface area (Å²) < 4.78 is 5.23. The van der Waals surface area contributed by atoms with Crippen molar-refractivity contribution in [3.05, 3.63) is 11.7 Å². The fraction of sp³-hybridized carbons (Fsp3) is 0.833. The smallest absolute Gasteiger partial charge is 0.226 e. The molecule has 1 heterocycles. The first-order valence-corrected chi connectivity index (χ1v) is 5.96. The molecule has 0 bridgehead atoms. The fourth-order valence-corrected chi connectivity index (χ4v) is 1.46. The van der Waals surface area contributed by atoms with Crippen LogP contribution in [0.1, 0.15) is 52.3 Å². The quantitative estimate of drug-likeness (QED) is 0.835. The molecule has 16 heavy (non-hydrogen) atoms. The first kappa shape index (κ1) is 13.2. The zero-order valence-electron chi connectivity index (χ0n) is 10.8. The van der Waals surface area contributed by atoms with E-state index in [2.05, 4.69) is 37.8 Å². The second kappa shape index (κ2) is 5.43. The Bertz CT molecular complexity index is 314. The molecule has 0 fully saturated rings. The third-order valence-corrected chi connectivity index (χ3v) is 2.65. The van der Waals surface area contributed by atoms with Crippen LogP contribution in [0, 0.1) is 5.92 Å². The Morgan fingerprint density at radius 3 is 2.50 bits per heavy atom. The molecule has 1 rings (SSSR count). The number of rotatable bonds is 5. The molecular formula is C12H23N3O. The molecule has 0 aromatic carbocycles. The Labute approximate surface area is 97.6 Å². The number of hydrogen-bond donors (Lipinski definition) is 1. The van der Waals surface area contributed by atoms with E-state index >= 15 is 0 Å². The van der Waals surface area contributed by atoms with E-state index in [0.29, 0.717) is 5.92 Å². The van der Waals surface area contributed by atoms with Crippen molar-refractivity contribution in [2.45, 2.75) is 52.4 Å². The molecule has 0 radical (unpaired) electrons. The van der Waals surface area contributed by atoms with E-state index in [0.717, 1.165) is 37.5 Å². The second-order valence-corrected chi connectivity index (χ2v) is 5.48. The van der Waals surface area contributed by atoms with Gasteiger partial charge in [0.25, 0.3) is 0 Å². The topological polar surface area (TPSA) is 64.9 Å². The summed E-state index contributed by atoms with van der Waals surface area (Å²) in [5, 5.41) is 4.00. The summed E-state index contributed by atoms with van der Waals surface area (Å²) in [7, 11) is 0. The van der Waals surface area contributed by atoms with Crippen LogP contribution in [-0.4, -0.2) is 16.7 Å². The highest BCUT2D eigenvalue weighted by Crippen LogP contribution is 2.19. The molecule has 1 aromatic heterocycles. The standard InChI is InChI=1S/C12H23N3O/c1-9(7-8-13)5-6-10-14-11(15-16-10)12(2,3)4/h9H,5-8,13H2,1-4H3. The van der Waals surface area contributed by atoms with Gasteiger partial charge in [0.1, 0.15) is 0 Å². The first-order chi connectivity index (χ1) is 7.43. The van der Waals surface area contributed by atoms with Crippen molar-refractivity contribution in [1.82, 2.24) is 10.1 Å². The third kappa shape index (κ3) is 3.93. The van der Waals surface area contributed by atoms with E-state index in [1.165, 1.54) is 0 Å². The van der Waals surface area contributed by atoms with E-state index in [-0.39, 0.29) is 5.41 Å². The summed E-state index contributed by atoms with van der Waals surface area (Å²) in [5.74, 6) is 2.15. The van der Waals surface area contributed by atoms with Gasteiger partial charge < -0.3 is 10.3 Å². The van der Waals surface area contributed by atoms with E-state index in [1.807, 2.05) is 0 Å². The molecule has 0 saturated heterocycles. The van der Waals surface area contributed by atoms with Gasteiger partial charge in [-0.1, -0.05) is 32.9 Å². The molecule has 4 heteroatoms. The van der Waals surface area contributed by atoms with Crippen LogP contribution in [0.4, 0.5) is 0 Å². The largest absolute Gasteiger partial charge is 0.339 e. The van der Waals surface area contributed by atoms with Crippen molar-refractivity contribution < 1.29 is 4.52 Å². The van der Waals surface area contributed by atoms with Gasteiger partial charge in [-0.2, -0.15) is 4.98 Å². The van der Waals surface area contributed by atoms with Crippen molar-refractivity contribution >= 4 is 0 Å². The number of hydrogen-bond acceptors (Lipinski definition) is 4. The molecule has 1 atom stereocenters. The highest BCUT2D eigenvalue weighted by molar-refractivity contribution is 4.99. The van der Waals surface area contributed by atoms with Crippen LogP contribution in [0.25, 0.3) is 0 Å². The third-order valence-electron chi connectivity index (χ3n) is 2.65. The van der Waals surface area contributed by atoms with Gasteiger partial charge in [-0.25, -0.2) is 0 Å². The zero-order valence-corrected chi connectivity index (χ0v) is 10.8. The van der Waals surface area contributed by atoms with Crippen LogP contribution >= 0.6 is 0 Å². The molecule has 0 amide bonds. The predicted octanol–water partition coefficient (Wildman–Crippen LogP) is 2.28. The summed E-state index contributed by atoms with van der Waals surface area (Å²) in [6.45, 7) is 9.20. The van der Waals surface area contributed by atoms with Gasteiger partial charge in [-0.05, 0) is 25.3 Å². The minimum absolute atomic E-state index is 0.0371. The van der Waals surface area contributed by atoms with Crippen LogP contribution in [0.3, 0.4) is 0 Å². The van der Waals surface area contributed by atoms with Crippen molar-refractivity contribution in [2.24, 2.45) is 11.7 Å². The summed E-state index contributed by atoms with van der Waals surface area (Å²) in [6, 6.07) is 0. The maximum atomic E-state index is 5.51. The van der Waals surface area contributed by atoms with E-state index in [4.69, 9.17) is 10.3 Å². The maximum absolute atomic E-state index is 5.51. The normalized spacial score (nSPS) is 14.1. The number of aryl methyl sites for hydroxylation is 1. The highest BCUT2D eigenvalue weighted by Gasteiger charge is 2.20. The highest BCUT2D eigenvalue weighted by atomic mass is 16.5. The number of aromatic nitrogens is 2. The lowest BCUT2D eigenvalue weighted by atomic mass is 9.96. The van der Waals surface area contributed by atoms with E-state index in [9.17, 15) is 0 Å². The van der Waals surface area contributed by atoms with Gasteiger partial charge in [0.05, 0.1) is 0 Å². The fourth-order valence-electron chi connectivity index (χ4n) is 1.46. The SMILES string of the molecule is CC(CCN)CCc1nc(C(C)(C)C)no1. The molecule has 0 saturated carbocycles. The van der Waals surface area contributed by atoms with Crippen LogP contribution in [-0.2, 0) is 11.8 Å². The molecule has 0 aliphatic heterocycles. The molecular weight excluding hydrogens is 202 g/mol. The van der Waals surface area contributed by atoms with Crippen molar-refractivity contribution in [2.75, 3.05) is 6.54 Å². The lowest BCUT2D eigenvalue weighted by Crippen LogP contribution is -2.13. The summed E-state index contributed by atoms with van der Waals surface area (Å²) in [5.41, 5.74) is 5.47. The summed E-state index contributed by atoms with van der Waals surface area (Å²) >= 11 is 0. The van der Waals surface area contributed by atoms with Crippen molar-refractivity contribution in [1.29, 1.82) is 0 Å². The Kier molecular flexibility index (Phi) is 4.47. The summed E-state index contributed by atoms with van der Waals surface area (Å²) in [4.78, 5) is 4.40. The second-order valence-electron chi connectivity index (χ2n) is 5.48. The average Bonchev–Trinajstić information content (AvgIpc) is 2.63. The van der Waals surface area contributed by atoms with Gasteiger partial charge in [0.15, 0.2) is 5.82 Å². The van der Waals surface area contributed by atoms with Gasteiger partial charge >= 0.3 is 0 Å². The minimum Gasteiger partial charge on any atom is -0.339 e. The van der Waals surface area contributed by atoms with Crippen LogP contribution < -0.4 is 5.73 Å². The van der Waals surface area contributed by atoms with Gasteiger partial charge in [-0.15, -0.1) is 0 Å². The predicted molar refractivity (Wildman–Crippen MR) is 64.2 cm³/mol. The van der Waals surface area contributed by atoms with Crippen LogP contribution in [0.5, 0.6) is 0 Å². The molecule has 92 valence electrons. The Hall–Kier alpha value is -0.900. The zero-order chi connectivity index (χ0) is 12.2. The molecule has 0 spiro atoms. The lowest BCUT2D eigenvalue weighted by Gasteiger charge is -2.11.